The average molecular weight is 2220 g/mol. The summed E-state index contributed by atoms with van der Waals surface area (Å²) in [4.78, 5) is 106. The van der Waals surface area contributed by atoms with E-state index < -0.39 is 142 Å². The van der Waals surface area contributed by atoms with Gasteiger partial charge in [-0.15, -0.1) is 0 Å². The molecule has 2 aromatic carbocycles. The zero-order valence-electron chi connectivity index (χ0n) is 91.2. The van der Waals surface area contributed by atoms with Crippen LogP contribution in [0.4, 0.5) is 17.7 Å². The molecule has 0 saturated heterocycles. The minimum Gasteiger partial charge on any atom is -0.469 e. The van der Waals surface area contributed by atoms with Crippen molar-refractivity contribution in [3.8, 4) is 0 Å². The molecule has 0 fully saturated rings. The Kier molecular flexibility index (Phi) is 66.0. The number of imidazole rings is 1. The van der Waals surface area contributed by atoms with Crippen LogP contribution in [0.3, 0.4) is 0 Å². The molecule has 0 radical (unpaired) electrons. The van der Waals surface area contributed by atoms with Crippen LogP contribution in [0.2, 0.25) is 0 Å². The number of carbonyl (C=O) groups is 6. The lowest BCUT2D eigenvalue weighted by Crippen LogP contribution is -2.40. The Labute approximate surface area is 872 Å². The third kappa shape index (κ3) is 55.4. The Balaban J connectivity index is 0.00000172. The number of aryl methyl sites for hydroxylation is 2. The van der Waals surface area contributed by atoms with Gasteiger partial charge in [-0.2, -0.15) is 0 Å². The smallest absolute Gasteiger partial charge is 0.434 e. The Morgan fingerprint density at radius 3 is 1.21 bits per heavy atom. The van der Waals surface area contributed by atoms with Gasteiger partial charge < -0.3 is 74.3 Å². The van der Waals surface area contributed by atoms with Crippen LogP contribution < -0.4 is 15.3 Å². The number of esters is 5. The van der Waals surface area contributed by atoms with E-state index in [1.54, 1.807) is 80.2 Å². The molecule has 0 aliphatic carbocycles. The number of furan rings is 2. The van der Waals surface area contributed by atoms with E-state index in [2.05, 4.69) is 53.1 Å². The monoisotopic (exact) mass is 2220 g/mol. The van der Waals surface area contributed by atoms with Gasteiger partial charge in [-0.3, -0.25) is 72.1 Å². The first kappa shape index (κ1) is 138. The highest BCUT2D eigenvalue weighted by Crippen LogP contribution is 2.57. The lowest BCUT2D eigenvalue weighted by Gasteiger charge is -2.31. The summed E-state index contributed by atoms with van der Waals surface area (Å²) < 4.78 is 148. The van der Waals surface area contributed by atoms with Crippen molar-refractivity contribution in [2.75, 3.05) is 83.9 Å². The highest BCUT2D eigenvalue weighted by atomic mass is 33.1. The highest BCUT2D eigenvalue weighted by Gasteiger charge is 2.42. The van der Waals surface area contributed by atoms with Crippen LogP contribution in [-0.4, -0.2) is 200 Å². The fraction of sp³-hybridized carbons (Fsp3) is 0.701. The highest BCUT2D eigenvalue weighted by molar-refractivity contribution is 8.77. The number of nitrogens with zero attached hydrogens (tertiary/aromatic N) is 5. The molecule has 48 heteroatoms. The topological polar surface area (TPSA) is 516 Å². The number of methoxy groups -OCH3 is 2. The van der Waals surface area contributed by atoms with Gasteiger partial charge in [0.05, 0.1) is 78.0 Å². The van der Waals surface area contributed by atoms with E-state index in [1.165, 1.54) is 54.4 Å². The molecule has 145 heavy (non-hydrogen) atoms. The van der Waals surface area contributed by atoms with Crippen LogP contribution in [0, 0.1) is 65.3 Å². The number of nitrogens with one attached hydrogen (secondary N) is 3. The first-order valence-corrected chi connectivity index (χ1v) is 62.8. The second kappa shape index (κ2) is 69.1. The molecule has 0 spiro atoms. The van der Waals surface area contributed by atoms with E-state index in [0.29, 0.717) is 62.5 Å². The molecule has 830 valence electrons. The van der Waals surface area contributed by atoms with Gasteiger partial charge in [-0.05, 0) is 111 Å². The summed E-state index contributed by atoms with van der Waals surface area (Å²) in [5, 5.41) is 40.8. The molecule has 0 amide bonds. The number of hydrogen-bond donors (Lipinski definition) is 3. The summed E-state index contributed by atoms with van der Waals surface area (Å²) in [5.41, 5.74) is 0.979. The number of benzene rings is 2. The molecule has 9 atom stereocenters. The van der Waals surface area contributed by atoms with E-state index in [9.17, 15) is 86.5 Å². The van der Waals surface area contributed by atoms with Gasteiger partial charge >= 0.3 is 55.2 Å². The van der Waals surface area contributed by atoms with Gasteiger partial charge in [-0.1, -0.05) is 279 Å². The number of rotatable bonds is 59. The molecule has 5 aromatic rings. The van der Waals surface area contributed by atoms with Crippen molar-refractivity contribution in [1.82, 2.24) is 24.8 Å². The Bertz CT molecular complexity index is 4890. The van der Waals surface area contributed by atoms with Crippen molar-refractivity contribution in [1.29, 1.82) is 0 Å². The van der Waals surface area contributed by atoms with Gasteiger partial charge in [0.15, 0.2) is 19.0 Å². The second-order valence-electron chi connectivity index (χ2n) is 39.3. The molecule has 39 nitrogen and oxygen atoms in total. The van der Waals surface area contributed by atoms with Crippen molar-refractivity contribution < 1.29 is 131 Å². The third-order valence-electron chi connectivity index (χ3n) is 20.8. The van der Waals surface area contributed by atoms with Crippen molar-refractivity contribution in [2.24, 2.45) is 42.1 Å². The fourth-order valence-corrected chi connectivity index (χ4v) is 26.5. The van der Waals surface area contributed by atoms with Gasteiger partial charge in [0, 0.05) is 68.4 Å². The molecule has 3 N–H and O–H groups in total. The zero-order valence-corrected chi connectivity index (χ0v) is 99.0. The van der Waals surface area contributed by atoms with Crippen LogP contribution in [0.1, 0.15) is 255 Å². The summed E-state index contributed by atoms with van der Waals surface area (Å²) in [6.45, 7) is 55.4. The molecule has 0 aliphatic rings. The summed E-state index contributed by atoms with van der Waals surface area (Å²) in [6.07, 6.45) is 6.21. The summed E-state index contributed by atoms with van der Waals surface area (Å²) >= 11 is 1.18. The van der Waals surface area contributed by atoms with E-state index in [-0.39, 0.29) is 132 Å². The predicted molar refractivity (Wildman–Crippen MR) is 577 cm³/mol. The summed E-state index contributed by atoms with van der Waals surface area (Å²) in [6, 6.07) is 23.0. The molecule has 3 heterocycles. The van der Waals surface area contributed by atoms with Gasteiger partial charge in [0.2, 0.25) is 14.7 Å². The van der Waals surface area contributed by atoms with Crippen molar-refractivity contribution in [2.45, 2.75) is 316 Å². The average Bonchev–Trinajstić information content (AvgIpc) is 1.73. The van der Waals surface area contributed by atoms with E-state index >= 15 is 0 Å². The van der Waals surface area contributed by atoms with Gasteiger partial charge in [0.25, 0.3) is 15.0 Å². The van der Waals surface area contributed by atoms with Crippen LogP contribution in [0.25, 0.3) is 0 Å². The maximum atomic E-state index is 13.6. The first-order valence-electron chi connectivity index (χ1n) is 48.8. The molecular weight excluding hydrogens is 2060 g/mol. The zero-order chi connectivity index (χ0) is 111. The molecule has 0 aliphatic heterocycles. The van der Waals surface area contributed by atoms with Crippen molar-refractivity contribution >= 4 is 131 Å². The maximum Gasteiger partial charge on any atom is 0.434 e. The number of ether oxygens (including phenoxy) is 5. The summed E-state index contributed by atoms with van der Waals surface area (Å²) in [5.74, 6) is -1.40. The molecule has 5 rings (SSSR count). The fourth-order valence-electron chi connectivity index (χ4n) is 12.5. The summed E-state index contributed by atoms with van der Waals surface area (Å²) in [7, 11) is -10.8. The van der Waals surface area contributed by atoms with Crippen LogP contribution in [0.5, 0.6) is 0 Å². The number of thioether (sulfide) groups is 1. The molecule has 3 aromatic heterocycles. The lowest BCUT2D eigenvalue weighted by molar-refractivity contribution is -0.402. The minimum absolute atomic E-state index is 0.0432. The molecule has 0 bridgehead atoms. The second-order valence-corrected chi connectivity index (χ2v) is 61.3. The van der Waals surface area contributed by atoms with Gasteiger partial charge in [0.1, 0.15) is 71.2 Å². The predicted octanol–water partition coefficient (Wildman–Crippen LogP) is 24.8. The number of hydrogen-bond acceptors (Lipinski definition) is 35. The molecule has 5 unspecified atom stereocenters. The molecular formula is C97H168N8O31P6S3. The first-order chi connectivity index (χ1) is 67.2. The standard InChI is InChI=1S/C18H36NO5PS.C18H36NO5P.C17H29O2PS2.C16H22N3O4P.C15H30NO6P.C13H15N2O9P/c1-9-23-16(20)15(12-13(2)3)19-25(22,14(4)5)24-10-11-26-17(21)18(6,7)8;1-12(2)9-15(17(20)23-7)11-25(22,14(5)6)19-16(10-13(3)4)18(21)24-8;1-15(2)20(18,13-11-16-9-7-6-8-10-16)19-12-14-21-22-17(3,4)5;1-13(2)24(22,10-9-14-7-5-4-6-8-14)23-12-15-11-17-16(18(15)3)19(20)21;1-7-20-14(17)10-22-23(19,12(5)6)16-13(9-11(3)4)15(18)21-8-2;1-9(2)25(20,21-7-10-3-5-12(23-10)14(16)17)22-8-11-4-6-13(24-11)15(18)19/h13-15H,9-12H2,1-8H3,(H,19,22);12-16H,9-11H2,1-8H3,(H,19,22);6-10,15H,11-14H2,1-5H3;4-8,11,13H,9-10,12H2,1-3H3;11-13H,7-10H2,1-6H3,(H,16,19);3-6,9H,7-8H2,1-2H3/t15-,25?;15-,16+,25?;;;13-,23?;/m01..0./s1. The van der Waals surface area contributed by atoms with E-state index in [0.717, 1.165) is 29.9 Å². The maximum absolute atomic E-state index is 13.6. The number of nitro groups is 3. The number of carbonyl (C=O) groups excluding carboxylic acids is 6. The van der Waals surface area contributed by atoms with Crippen molar-refractivity contribution in [3.63, 3.8) is 0 Å². The van der Waals surface area contributed by atoms with Gasteiger partial charge in [-0.25, -0.2) is 19.5 Å². The Morgan fingerprint density at radius 2 is 0.869 bits per heavy atom. The lowest BCUT2D eigenvalue weighted by atomic mass is 9.99. The Hall–Kier alpha value is -6.50. The third-order valence-corrected chi connectivity index (χ3v) is 42.2. The SMILES string of the molecule is CC(C)P(=O)(CCc1ccccc1)OCCSSC(C)(C)C.CC(C)P(=O)(CCc1ccccc1)OCc1cnc([N+](=O)[O-])n1C.CC(C)P(=O)(OCc1ccc([N+](=O)[O-])o1)OCc1ccc([N+](=O)[O-])o1.CCOC(=O)COP(=O)(N[C@@H](CC(C)C)C(=O)OCC)C(C)C.CCOC(=O)[C@H](CC(C)C)NP(=O)(OCCSC(=O)C(C)(C)C)C(C)C.COC(=O)[C@H](CC(C)C)CP(=O)(N[C@@H](CC(C)C)C(=O)OC)C(C)C. The normalized spacial score (nSPS) is 14.7. The minimum atomic E-state index is -3.61. The quantitative estimate of drug-likeness (QED) is 0.00619. The number of aromatic nitrogens is 2. The van der Waals surface area contributed by atoms with E-state index in [1.807, 2.05) is 177 Å². The Morgan fingerprint density at radius 1 is 0.462 bits per heavy atom. The largest absolute Gasteiger partial charge is 0.469 e. The van der Waals surface area contributed by atoms with Crippen molar-refractivity contribution in [3.05, 3.63) is 150 Å². The van der Waals surface area contributed by atoms with Crippen LogP contribution in [0.15, 0.2) is 100.0 Å². The van der Waals surface area contributed by atoms with E-state index in [4.69, 9.17) is 59.7 Å². The van der Waals surface area contributed by atoms with Crippen LogP contribution in [-0.2, 0) is 147 Å². The molecule has 0 saturated carbocycles. The van der Waals surface area contributed by atoms with Crippen LogP contribution >= 0.6 is 78.0 Å².